The van der Waals surface area contributed by atoms with Crippen LogP contribution in [0.3, 0.4) is 0 Å². The number of benzene rings is 2. The van der Waals surface area contributed by atoms with Crippen LogP contribution in [0.25, 0.3) is 0 Å². The molecule has 1 heterocycles. The molecule has 0 bridgehead atoms. The van der Waals surface area contributed by atoms with E-state index >= 15 is 0 Å². The highest BCUT2D eigenvalue weighted by Crippen LogP contribution is 2.41. The van der Waals surface area contributed by atoms with Crippen LogP contribution in [0.5, 0.6) is 5.75 Å². The summed E-state index contributed by atoms with van der Waals surface area (Å²) < 4.78 is 58.5. The fraction of sp³-hybridized carbons (Fsp3) is 0.263. The van der Waals surface area contributed by atoms with Crippen LogP contribution in [0.4, 0.5) is 17.6 Å². The molecule has 1 atom stereocenters. The normalized spacial score (nSPS) is 19.5. The van der Waals surface area contributed by atoms with E-state index in [1.807, 2.05) is 6.92 Å². The van der Waals surface area contributed by atoms with E-state index in [0.717, 1.165) is 17.7 Å². The highest BCUT2D eigenvalue weighted by molar-refractivity contribution is 6.03. The Morgan fingerprint density at radius 3 is 2.36 bits per heavy atom. The average molecular weight is 396 g/mol. The number of amides is 1. The van der Waals surface area contributed by atoms with Gasteiger partial charge in [0.1, 0.15) is 11.6 Å². The van der Waals surface area contributed by atoms with Gasteiger partial charge in [0.15, 0.2) is 6.61 Å². The van der Waals surface area contributed by atoms with Crippen molar-refractivity contribution in [3.63, 3.8) is 0 Å². The Labute approximate surface area is 157 Å². The summed E-state index contributed by atoms with van der Waals surface area (Å²) in [6.07, 6.45) is -6.03. The van der Waals surface area contributed by atoms with Crippen LogP contribution in [0.15, 0.2) is 53.6 Å². The lowest BCUT2D eigenvalue weighted by Gasteiger charge is -2.32. The molecule has 0 aliphatic carbocycles. The Morgan fingerprint density at radius 1 is 1.18 bits per heavy atom. The fourth-order valence-electron chi connectivity index (χ4n) is 2.67. The zero-order valence-corrected chi connectivity index (χ0v) is 14.7. The molecule has 1 aliphatic rings. The molecule has 0 spiro atoms. The molecule has 0 fully saturated rings. The number of hydrogen-bond acceptors (Lipinski definition) is 4. The first-order valence-electron chi connectivity index (χ1n) is 8.25. The summed E-state index contributed by atoms with van der Waals surface area (Å²) in [6.45, 7) is 1.00. The van der Waals surface area contributed by atoms with E-state index in [4.69, 9.17) is 4.74 Å². The van der Waals surface area contributed by atoms with Gasteiger partial charge in [0, 0.05) is 0 Å². The molecule has 3 rings (SSSR count). The summed E-state index contributed by atoms with van der Waals surface area (Å²) in [4.78, 5) is 12.3. The Balaban J connectivity index is 1.84. The maximum absolute atomic E-state index is 13.5. The van der Waals surface area contributed by atoms with E-state index < -0.39 is 36.7 Å². The number of alkyl halides is 3. The highest BCUT2D eigenvalue weighted by atomic mass is 19.4. The summed E-state index contributed by atoms with van der Waals surface area (Å²) in [6, 6.07) is 11.1. The van der Waals surface area contributed by atoms with Gasteiger partial charge in [-0.2, -0.15) is 23.3 Å². The molecule has 0 aromatic heterocycles. The monoisotopic (exact) mass is 396 g/mol. The van der Waals surface area contributed by atoms with E-state index in [0.29, 0.717) is 5.56 Å². The van der Waals surface area contributed by atoms with Gasteiger partial charge >= 0.3 is 6.18 Å². The SMILES string of the molecule is Cc1ccc(C2=NN(C(=O)COc3ccc(F)cc3)[C@@](O)(C(F)(F)F)C2)cc1. The Kier molecular flexibility index (Phi) is 5.12. The van der Waals surface area contributed by atoms with Crippen molar-refractivity contribution in [1.82, 2.24) is 5.01 Å². The number of ether oxygens (including phenoxy) is 1. The van der Waals surface area contributed by atoms with Crippen molar-refractivity contribution in [2.75, 3.05) is 6.61 Å². The molecule has 0 radical (unpaired) electrons. The second-order valence-corrected chi connectivity index (χ2v) is 6.35. The zero-order valence-electron chi connectivity index (χ0n) is 14.7. The third kappa shape index (κ3) is 3.84. The third-order valence-electron chi connectivity index (χ3n) is 4.24. The van der Waals surface area contributed by atoms with E-state index in [2.05, 4.69) is 5.10 Å². The summed E-state index contributed by atoms with van der Waals surface area (Å²) in [5, 5.41) is 14.0. The minimum atomic E-state index is -5.13. The van der Waals surface area contributed by atoms with Gasteiger partial charge in [0.25, 0.3) is 11.6 Å². The van der Waals surface area contributed by atoms with Crippen LogP contribution >= 0.6 is 0 Å². The second kappa shape index (κ2) is 7.23. The lowest BCUT2D eigenvalue weighted by atomic mass is 10.00. The number of carbonyl (C=O) groups excluding carboxylic acids is 1. The summed E-state index contributed by atoms with van der Waals surface area (Å²) in [7, 11) is 0. The van der Waals surface area contributed by atoms with E-state index in [9.17, 15) is 27.5 Å². The standard InChI is InChI=1S/C19H16F4N2O3/c1-12-2-4-13(5-3-12)16-10-18(27,19(21,22)23)25(24-16)17(26)11-28-15-8-6-14(20)7-9-15/h2-9,27H,10-11H2,1H3/t18-/m0/s1. The van der Waals surface area contributed by atoms with Crippen LogP contribution in [-0.4, -0.2) is 40.2 Å². The zero-order chi connectivity index (χ0) is 20.5. The average Bonchev–Trinajstić information content (AvgIpc) is 3.00. The molecule has 2 aromatic rings. The molecule has 2 aromatic carbocycles. The number of aliphatic hydroxyl groups is 1. The lowest BCUT2D eigenvalue weighted by molar-refractivity contribution is -0.302. The van der Waals surface area contributed by atoms with Gasteiger partial charge in [-0.15, -0.1) is 0 Å². The number of aryl methyl sites for hydroxylation is 1. The second-order valence-electron chi connectivity index (χ2n) is 6.35. The topological polar surface area (TPSA) is 62.1 Å². The Morgan fingerprint density at radius 2 is 1.79 bits per heavy atom. The predicted octanol–water partition coefficient (Wildman–Crippen LogP) is 3.40. The molecule has 1 amide bonds. The van der Waals surface area contributed by atoms with E-state index in [-0.39, 0.29) is 16.5 Å². The summed E-state index contributed by atoms with van der Waals surface area (Å²) in [5.41, 5.74) is -2.29. The van der Waals surface area contributed by atoms with Gasteiger partial charge in [0.2, 0.25) is 0 Å². The first kappa shape index (κ1) is 19.8. The highest BCUT2D eigenvalue weighted by Gasteiger charge is 2.63. The quantitative estimate of drug-likeness (QED) is 0.806. The fourth-order valence-corrected chi connectivity index (χ4v) is 2.67. The number of carbonyl (C=O) groups is 1. The number of rotatable bonds is 4. The number of nitrogens with zero attached hydrogens (tertiary/aromatic N) is 2. The summed E-state index contributed by atoms with van der Waals surface area (Å²) >= 11 is 0. The van der Waals surface area contributed by atoms with Crippen molar-refractivity contribution < 1.29 is 32.2 Å². The molecule has 1 N–H and O–H groups in total. The maximum Gasteiger partial charge on any atom is 0.438 e. The van der Waals surface area contributed by atoms with Crippen molar-refractivity contribution in [2.24, 2.45) is 5.10 Å². The third-order valence-corrected chi connectivity index (χ3v) is 4.24. The molecule has 28 heavy (non-hydrogen) atoms. The number of halogens is 4. The minimum absolute atomic E-state index is 0.00567. The Bertz CT molecular complexity index is 895. The van der Waals surface area contributed by atoms with Gasteiger partial charge in [0.05, 0.1) is 12.1 Å². The smallest absolute Gasteiger partial charge is 0.438 e. The predicted molar refractivity (Wildman–Crippen MR) is 92.1 cm³/mol. The van der Waals surface area contributed by atoms with Gasteiger partial charge < -0.3 is 9.84 Å². The van der Waals surface area contributed by atoms with Crippen molar-refractivity contribution >= 4 is 11.6 Å². The Hall–Kier alpha value is -2.94. The molecular formula is C19H16F4N2O3. The van der Waals surface area contributed by atoms with E-state index in [1.54, 1.807) is 24.3 Å². The van der Waals surface area contributed by atoms with Crippen molar-refractivity contribution in [3.8, 4) is 5.75 Å². The van der Waals surface area contributed by atoms with Crippen LogP contribution in [0, 0.1) is 12.7 Å². The van der Waals surface area contributed by atoms with Gasteiger partial charge in [-0.1, -0.05) is 29.8 Å². The first-order chi connectivity index (χ1) is 13.1. The largest absolute Gasteiger partial charge is 0.484 e. The maximum atomic E-state index is 13.5. The molecule has 9 heteroatoms. The summed E-state index contributed by atoms with van der Waals surface area (Å²) in [5.74, 6) is -1.63. The molecule has 0 saturated carbocycles. The molecular weight excluding hydrogens is 380 g/mol. The molecule has 1 aliphatic heterocycles. The molecule has 0 unspecified atom stereocenters. The van der Waals surface area contributed by atoms with Crippen LogP contribution in [0.2, 0.25) is 0 Å². The van der Waals surface area contributed by atoms with Gasteiger partial charge in [-0.25, -0.2) is 4.39 Å². The van der Waals surface area contributed by atoms with Crippen molar-refractivity contribution in [3.05, 3.63) is 65.5 Å². The lowest BCUT2D eigenvalue weighted by Crippen LogP contribution is -2.57. The van der Waals surface area contributed by atoms with Crippen LogP contribution in [-0.2, 0) is 4.79 Å². The molecule has 148 valence electrons. The number of hydrazone groups is 1. The van der Waals surface area contributed by atoms with Crippen molar-refractivity contribution in [2.45, 2.75) is 25.2 Å². The van der Waals surface area contributed by atoms with Gasteiger partial charge in [-0.05, 0) is 36.8 Å². The molecule has 0 saturated heterocycles. The minimum Gasteiger partial charge on any atom is -0.484 e. The van der Waals surface area contributed by atoms with Crippen molar-refractivity contribution in [1.29, 1.82) is 0 Å². The first-order valence-corrected chi connectivity index (χ1v) is 8.25. The van der Waals surface area contributed by atoms with Crippen LogP contribution < -0.4 is 4.74 Å². The van der Waals surface area contributed by atoms with E-state index in [1.165, 1.54) is 12.1 Å². The van der Waals surface area contributed by atoms with Crippen LogP contribution in [0.1, 0.15) is 17.5 Å². The molecule has 5 nitrogen and oxygen atoms in total. The van der Waals surface area contributed by atoms with Gasteiger partial charge in [-0.3, -0.25) is 4.79 Å². The number of hydrogen-bond donors (Lipinski definition) is 1.